The van der Waals surface area contributed by atoms with E-state index < -0.39 is 4.92 Å². The summed E-state index contributed by atoms with van der Waals surface area (Å²) in [6.07, 6.45) is 0.752. The number of rotatable bonds is 3. The van der Waals surface area contributed by atoms with Crippen LogP contribution >= 0.6 is 0 Å². The summed E-state index contributed by atoms with van der Waals surface area (Å²) >= 11 is 0. The fraction of sp³-hybridized carbons (Fsp3) is 0.182. The molecule has 82 valence electrons. The molecule has 1 heterocycles. The predicted octanol–water partition coefficient (Wildman–Crippen LogP) is 2.81. The molecule has 0 aliphatic rings. The first-order chi connectivity index (χ1) is 7.70. The first kappa shape index (κ1) is 10.4. The lowest BCUT2D eigenvalue weighted by Crippen LogP contribution is -1.87. The van der Waals surface area contributed by atoms with Crippen molar-refractivity contribution in [2.24, 2.45) is 0 Å². The van der Waals surface area contributed by atoms with Gasteiger partial charge < -0.3 is 4.52 Å². The van der Waals surface area contributed by atoms with Crippen molar-refractivity contribution in [3.8, 4) is 11.3 Å². The first-order valence-corrected chi connectivity index (χ1v) is 4.91. The highest BCUT2D eigenvalue weighted by Gasteiger charge is 2.10. The molecule has 16 heavy (non-hydrogen) atoms. The lowest BCUT2D eigenvalue weighted by atomic mass is 10.1. The Balaban J connectivity index is 2.40. The second kappa shape index (κ2) is 4.14. The number of aromatic nitrogens is 1. The Morgan fingerprint density at radius 1 is 1.44 bits per heavy atom. The maximum atomic E-state index is 10.6. The van der Waals surface area contributed by atoms with Gasteiger partial charge in [0.1, 0.15) is 11.5 Å². The van der Waals surface area contributed by atoms with Gasteiger partial charge in [-0.2, -0.15) is 0 Å². The lowest BCUT2D eigenvalue weighted by molar-refractivity contribution is -0.384. The normalized spacial score (nSPS) is 10.3. The van der Waals surface area contributed by atoms with Crippen LogP contribution in [0.15, 0.2) is 34.9 Å². The lowest BCUT2D eigenvalue weighted by Gasteiger charge is -1.94. The van der Waals surface area contributed by atoms with Gasteiger partial charge in [0.05, 0.1) is 4.92 Å². The summed E-state index contributed by atoms with van der Waals surface area (Å²) in [6, 6.07) is 8.12. The number of hydrogen-bond acceptors (Lipinski definition) is 4. The maximum Gasteiger partial charge on any atom is 0.270 e. The van der Waals surface area contributed by atoms with E-state index in [1.807, 2.05) is 6.92 Å². The van der Waals surface area contributed by atoms with Crippen LogP contribution < -0.4 is 0 Å². The number of non-ortho nitro benzene ring substituents is 1. The van der Waals surface area contributed by atoms with E-state index in [1.54, 1.807) is 18.2 Å². The Kier molecular flexibility index (Phi) is 2.68. The van der Waals surface area contributed by atoms with Crippen LogP contribution in [0.1, 0.15) is 12.7 Å². The molecule has 0 radical (unpaired) electrons. The van der Waals surface area contributed by atoms with Crippen LogP contribution in [0.5, 0.6) is 0 Å². The van der Waals surface area contributed by atoms with Crippen LogP contribution in [0, 0.1) is 10.1 Å². The van der Waals surface area contributed by atoms with Gasteiger partial charge in [-0.15, -0.1) is 0 Å². The Morgan fingerprint density at radius 2 is 2.25 bits per heavy atom. The van der Waals surface area contributed by atoms with Gasteiger partial charge in [-0.1, -0.05) is 24.2 Å². The highest BCUT2D eigenvalue weighted by Crippen LogP contribution is 2.23. The zero-order valence-electron chi connectivity index (χ0n) is 8.71. The molecule has 1 aromatic carbocycles. The van der Waals surface area contributed by atoms with Crippen molar-refractivity contribution < 1.29 is 9.45 Å². The minimum atomic E-state index is -0.426. The SMILES string of the molecule is CCc1cc(-c2cccc([N+](=O)[O-])c2)no1. The molecule has 0 bridgehead atoms. The maximum absolute atomic E-state index is 10.6. The van der Waals surface area contributed by atoms with Crippen molar-refractivity contribution in [1.82, 2.24) is 5.16 Å². The van der Waals surface area contributed by atoms with E-state index in [4.69, 9.17) is 4.52 Å². The number of hydrogen-bond donors (Lipinski definition) is 0. The second-order valence-corrected chi connectivity index (χ2v) is 3.34. The molecule has 0 saturated heterocycles. The highest BCUT2D eigenvalue weighted by molar-refractivity contribution is 5.62. The van der Waals surface area contributed by atoms with Gasteiger partial charge in [-0.25, -0.2) is 0 Å². The fourth-order valence-corrected chi connectivity index (χ4v) is 1.39. The zero-order valence-corrected chi connectivity index (χ0v) is 8.71. The molecule has 5 nitrogen and oxygen atoms in total. The number of benzene rings is 1. The Labute approximate surface area is 91.8 Å². The van der Waals surface area contributed by atoms with Crippen LogP contribution in [-0.2, 0) is 6.42 Å². The quantitative estimate of drug-likeness (QED) is 0.586. The molecule has 5 heteroatoms. The van der Waals surface area contributed by atoms with Crippen LogP contribution in [-0.4, -0.2) is 10.1 Å². The van der Waals surface area contributed by atoms with Crippen molar-refractivity contribution in [1.29, 1.82) is 0 Å². The van der Waals surface area contributed by atoms with Crippen LogP contribution in [0.4, 0.5) is 5.69 Å². The molecular weight excluding hydrogens is 208 g/mol. The summed E-state index contributed by atoms with van der Waals surface area (Å²) in [5.41, 5.74) is 1.37. The molecular formula is C11H10N2O3. The summed E-state index contributed by atoms with van der Waals surface area (Å²) in [6.45, 7) is 1.96. The summed E-state index contributed by atoms with van der Waals surface area (Å²) in [7, 11) is 0. The van der Waals surface area contributed by atoms with Gasteiger partial charge in [-0.05, 0) is 0 Å². The van der Waals surface area contributed by atoms with E-state index in [9.17, 15) is 10.1 Å². The minimum absolute atomic E-state index is 0.0542. The molecule has 0 fully saturated rings. The van der Waals surface area contributed by atoms with Crippen LogP contribution in [0.25, 0.3) is 11.3 Å². The molecule has 1 aromatic heterocycles. The van der Waals surface area contributed by atoms with E-state index in [0.717, 1.165) is 12.2 Å². The van der Waals surface area contributed by atoms with Gasteiger partial charge in [0.15, 0.2) is 0 Å². The topological polar surface area (TPSA) is 69.2 Å². The smallest absolute Gasteiger partial charge is 0.270 e. The Hall–Kier alpha value is -2.17. The van der Waals surface area contributed by atoms with E-state index in [1.165, 1.54) is 12.1 Å². The monoisotopic (exact) mass is 218 g/mol. The molecule has 0 N–H and O–H groups in total. The molecule has 0 spiro atoms. The van der Waals surface area contributed by atoms with E-state index in [-0.39, 0.29) is 5.69 Å². The third-order valence-corrected chi connectivity index (χ3v) is 2.26. The number of nitro groups is 1. The molecule has 0 atom stereocenters. The predicted molar refractivity (Wildman–Crippen MR) is 58.0 cm³/mol. The Morgan fingerprint density at radius 3 is 2.88 bits per heavy atom. The Bertz CT molecular complexity index is 519. The second-order valence-electron chi connectivity index (χ2n) is 3.34. The zero-order chi connectivity index (χ0) is 11.5. The summed E-state index contributed by atoms with van der Waals surface area (Å²) < 4.78 is 5.05. The van der Waals surface area contributed by atoms with Crippen LogP contribution in [0.2, 0.25) is 0 Å². The standard InChI is InChI=1S/C11H10N2O3/c1-2-10-7-11(12-16-10)8-4-3-5-9(6-8)13(14)15/h3-7H,2H2,1H3. The van der Waals surface area contributed by atoms with Crippen LogP contribution in [0.3, 0.4) is 0 Å². The minimum Gasteiger partial charge on any atom is -0.361 e. The van der Waals surface area contributed by atoms with E-state index in [0.29, 0.717) is 11.3 Å². The van der Waals surface area contributed by atoms with Gasteiger partial charge in [0.25, 0.3) is 5.69 Å². The summed E-state index contributed by atoms with van der Waals surface area (Å²) in [4.78, 5) is 10.2. The molecule has 0 aliphatic heterocycles. The average Bonchev–Trinajstić information content (AvgIpc) is 2.77. The highest BCUT2D eigenvalue weighted by atomic mass is 16.6. The number of nitrogens with zero attached hydrogens (tertiary/aromatic N) is 2. The van der Waals surface area contributed by atoms with Crippen molar-refractivity contribution in [2.75, 3.05) is 0 Å². The van der Waals surface area contributed by atoms with E-state index in [2.05, 4.69) is 5.16 Å². The van der Waals surface area contributed by atoms with E-state index >= 15 is 0 Å². The third kappa shape index (κ3) is 1.93. The number of aryl methyl sites for hydroxylation is 1. The fourth-order valence-electron chi connectivity index (χ4n) is 1.39. The van der Waals surface area contributed by atoms with Gasteiger partial charge in [0, 0.05) is 30.2 Å². The molecule has 2 aromatic rings. The van der Waals surface area contributed by atoms with Gasteiger partial charge in [-0.3, -0.25) is 10.1 Å². The third-order valence-electron chi connectivity index (χ3n) is 2.26. The first-order valence-electron chi connectivity index (χ1n) is 4.91. The number of nitro benzene ring substituents is 1. The molecule has 2 rings (SSSR count). The van der Waals surface area contributed by atoms with Gasteiger partial charge >= 0.3 is 0 Å². The summed E-state index contributed by atoms with van der Waals surface area (Å²) in [5, 5.41) is 14.5. The van der Waals surface area contributed by atoms with Gasteiger partial charge in [0.2, 0.25) is 0 Å². The van der Waals surface area contributed by atoms with Crippen molar-refractivity contribution in [2.45, 2.75) is 13.3 Å². The van der Waals surface area contributed by atoms with Crippen molar-refractivity contribution >= 4 is 5.69 Å². The largest absolute Gasteiger partial charge is 0.361 e. The van der Waals surface area contributed by atoms with Crippen molar-refractivity contribution in [3.05, 3.63) is 46.2 Å². The molecule has 0 unspecified atom stereocenters. The molecule has 0 aliphatic carbocycles. The molecule has 0 amide bonds. The summed E-state index contributed by atoms with van der Waals surface area (Å²) in [5.74, 6) is 0.765. The molecule has 0 saturated carbocycles. The van der Waals surface area contributed by atoms with Crippen molar-refractivity contribution in [3.63, 3.8) is 0 Å². The average molecular weight is 218 g/mol.